The molecule has 3 heterocycles. The first-order valence-electron chi connectivity index (χ1n) is 14.4. The molecule has 4 rings (SSSR count). The van der Waals surface area contributed by atoms with Gasteiger partial charge in [0.25, 0.3) is 11.8 Å². The third-order valence-corrected chi connectivity index (χ3v) is 7.14. The number of pyridine rings is 1. The van der Waals surface area contributed by atoms with Crippen LogP contribution in [0, 0.1) is 5.92 Å². The summed E-state index contributed by atoms with van der Waals surface area (Å²) >= 11 is 0. The van der Waals surface area contributed by atoms with E-state index >= 15 is 0 Å². The molecule has 1 aliphatic rings. The van der Waals surface area contributed by atoms with Crippen molar-refractivity contribution in [3.63, 3.8) is 0 Å². The minimum absolute atomic E-state index is 0.00673. The maximum absolute atomic E-state index is 13.7. The lowest BCUT2D eigenvalue weighted by molar-refractivity contribution is -0.130. The lowest BCUT2D eigenvalue weighted by Crippen LogP contribution is -2.55. The Bertz CT molecular complexity index is 1470. The summed E-state index contributed by atoms with van der Waals surface area (Å²) in [6.07, 6.45) is 3.83. The highest BCUT2D eigenvalue weighted by Crippen LogP contribution is 2.22. The topological polar surface area (TPSA) is 182 Å². The average Bonchev–Trinajstić information content (AvgIpc) is 3.52. The van der Waals surface area contributed by atoms with Gasteiger partial charge in [-0.15, -0.1) is 0 Å². The van der Waals surface area contributed by atoms with E-state index in [1.54, 1.807) is 0 Å². The number of nitrogens with zero attached hydrogens (tertiary/aromatic N) is 2. The molecule has 13 heteroatoms. The number of aromatic nitrogens is 2. The monoisotopic (exact) mass is 604 g/mol. The molecule has 1 aromatic carbocycles. The van der Waals surface area contributed by atoms with Crippen LogP contribution in [0.3, 0.4) is 0 Å². The van der Waals surface area contributed by atoms with E-state index in [-0.39, 0.29) is 41.6 Å². The highest BCUT2D eigenvalue weighted by molar-refractivity contribution is 5.98. The quantitative estimate of drug-likeness (QED) is 0.306. The average molecular weight is 605 g/mol. The van der Waals surface area contributed by atoms with Crippen molar-refractivity contribution in [3.05, 3.63) is 83.3 Å². The van der Waals surface area contributed by atoms with E-state index in [9.17, 15) is 24.0 Å². The predicted molar refractivity (Wildman–Crippen MR) is 157 cm³/mol. The van der Waals surface area contributed by atoms with E-state index in [0.717, 1.165) is 5.56 Å². The molecular formula is C31H36N6O7. The molecule has 2 bridgehead atoms. The lowest BCUT2D eigenvalue weighted by Gasteiger charge is -2.26. The summed E-state index contributed by atoms with van der Waals surface area (Å²) < 4.78 is 10.2. The van der Waals surface area contributed by atoms with Gasteiger partial charge >= 0.3 is 5.97 Å². The van der Waals surface area contributed by atoms with E-state index in [0.29, 0.717) is 19.4 Å². The normalized spacial score (nSPS) is 19.8. The molecule has 4 N–H and O–H groups in total. The number of ether oxygens (including phenoxy) is 1. The van der Waals surface area contributed by atoms with Crippen LogP contribution in [-0.2, 0) is 20.7 Å². The van der Waals surface area contributed by atoms with Gasteiger partial charge in [0.15, 0.2) is 5.69 Å². The summed E-state index contributed by atoms with van der Waals surface area (Å²) in [4.78, 5) is 73.2. The summed E-state index contributed by atoms with van der Waals surface area (Å²) in [6, 6.07) is 9.27. The zero-order valence-corrected chi connectivity index (χ0v) is 24.8. The van der Waals surface area contributed by atoms with Crippen molar-refractivity contribution < 1.29 is 33.1 Å². The molecule has 0 radical (unpaired) electrons. The number of carbonyl (C=O) groups is 5. The van der Waals surface area contributed by atoms with Crippen molar-refractivity contribution in [3.8, 4) is 0 Å². The van der Waals surface area contributed by atoms with Gasteiger partial charge in [0, 0.05) is 19.2 Å². The highest BCUT2D eigenvalue weighted by Gasteiger charge is 2.31. The van der Waals surface area contributed by atoms with Crippen molar-refractivity contribution in [2.45, 2.75) is 57.7 Å². The first-order chi connectivity index (χ1) is 21.2. The molecule has 0 aliphatic carbocycles. The Labute approximate surface area is 254 Å². The first-order valence-corrected chi connectivity index (χ1v) is 14.4. The fourth-order valence-electron chi connectivity index (χ4n) is 4.67. The van der Waals surface area contributed by atoms with Crippen molar-refractivity contribution in [1.82, 2.24) is 31.2 Å². The number of hydrogen-bond donors (Lipinski definition) is 4. The third-order valence-electron chi connectivity index (χ3n) is 7.14. The molecule has 0 fully saturated rings. The zero-order chi connectivity index (χ0) is 31.6. The summed E-state index contributed by atoms with van der Waals surface area (Å²) in [7, 11) is 1.24. The minimum Gasteiger partial charge on any atom is -0.465 e. The van der Waals surface area contributed by atoms with E-state index in [1.807, 2.05) is 44.2 Å². The molecule has 232 valence electrons. The van der Waals surface area contributed by atoms with E-state index in [2.05, 4.69) is 36.0 Å². The summed E-state index contributed by atoms with van der Waals surface area (Å²) in [5.41, 5.74) is 1.07. The van der Waals surface area contributed by atoms with Crippen LogP contribution in [0.5, 0.6) is 0 Å². The minimum atomic E-state index is -1.02. The van der Waals surface area contributed by atoms with Crippen molar-refractivity contribution in [1.29, 1.82) is 0 Å². The number of methoxy groups -OCH3 is 1. The molecule has 13 nitrogen and oxygen atoms in total. The number of oxazole rings is 1. The molecule has 0 spiro atoms. The van der Waals surface area contributed by atoms with Crippen LogP contribution in [0.15, 0.2) is 59.3 Å². The van der Waals surface area contributed by atoms with Gasteiger partial charge in [-0.05, 0) is 42.9 Å². The van der Waals surface area contributed by atoms with Crippen molar-refractivity contribution >= 4 is 29.6 Å². The number of hydrogen-bond acceptors (Lipinski definition) is 9. The molecule has 3 atom stereocenters. The first kappa shape index (κ1) is 31.9. The number of fused-ring (bicyclic) bond motifs is 2. The standard InChI is InChI=1S/C31H36N6O7/c1-18(2)25-30-36-24(17-44-30)26(38)32-14-8-7-11-22(34-27(39)21-13-12-20(16-33-21)31(42)43-3)28(40)35-23(29(41)37-25)15-19-9-5-4-6-10-19/h4-6,9-10,12-13,16-18,22-23,25H,7-8,11,14-15H2,1-3H3,(H,32,38)(H,34,39)(H,35,40)(H,37,41)/t22-,23-,25-/m0/s1. The Morgan fingerprint density at radius 2 is 1.82 bits per heavy atom. The van der Waals surface area contributed by atoms with Crippen molar-refractivity contribution in [2.24, 2.45) is 5.92 Å². The maximum Gasteiger partial charge on any atom is 0.339 e. The van der Waals surface area contributed by atoms with Crippen LogP contribution in [-0.4, -0.2) is 65.3 Å². The number of benzene rings is 1. The van der Waals surface area contributed by atoms with Crippen LogP contribution in [0.2, 0.25) is 0 Å². The van der Waals surface area contributed by atoms with Gasteiger partial charge < -0.3 is 30.4 Å². The van der Waals surface area contributed by atoms with Gasteiger partial charge in [-0.3, -0.25) is 24.2 Å². The second-order valence-corrected chi connectivity index (χ2v) is 10.8. The van der Waals surface area contributed by atoms with Crippen LogP contribution in [0.25, 0.3) is 0 Å². The van der Waals surface area contributed by atoms with E-state index < -0.39 is 47.7 Å². The molecule has 3 aromatic rings. The van der Waals surface area contributed by atoms with Crippen LogP contribution < -0.4 is 21.3 Å². The molecule has 1 aliphatic heterocycles. The number of nitrogens with one attached hydrogen (secondary N) is 4. The van der Waals surface area contributed by atoms with Gasteiger partial charge in [0.1, 0.15) is 30.1 Å². The van der Waals surface area contributed by atoms with Gasteiger partial charge in [-0.1, -0.05) is 44.2 Å². The van der Waals surface area contributed by atoms with E-state index in [4.69, 9.17) is 4.42 Å². The molecule has 2 aromatic heterocycles. The zero-order valence-electron chi connectivity index (χ0n) is 24.8. The molecule has 0 saturated heterocycles. The van der Waals surface area contributed by atoms with Gasteiger partial charge in [-0.25, -0.2) is 9.78 Å². The van der Waals surface area contributed by atoms with Crippen LogP contribution >= 0.6 is 0 Å². The molecule has 44 heavy (non-hydrogen) atoms. The summed E-state index contributed by atoms with van der Waals surface area (Å²) in [6.45, 7) is 4.05. The van der Waals surface area contributed by atoms with Crippen molar-refractivity contribution in [2.75, 3.05) is 13.7 Å². The Balaban J connectivity index is 1.61. The SMILES string of the molecule is COC(=O)c1ccc(C(=O)N[C@H]2CCCCNC(=O)c3coc(n3)[C@H](C(C)C)NC(=O)[C@H](Cc3ccccc3)NC2=O)nc1. The van der Waals surface area contributed by atoms with Gasteiger partial charge in [-0.2, -0.15) is 0 Å². The molecule has 0 saturated carbocycles. The fourth-order valence-corrected chi connectivity index (χ4v) is 4.67. The molecule has 0 unspecified atom stereocenters. The number of amides is 4. The number of carbonyl (C=O) groups excluding carboxylic acids is 5. The number of rotatable bonds is 6. The summed E-state index contributed by atoms with van der Waals surface area (Å²) in [5, 5.41) is 11.2. The Hall–Kier alpha value is -5.07. The highest BCUT2D eigenvalue weighted by atomic mass is 16.5. The molecular weight excluding hydrogens is 568 g/mol. The summed E-state index contributed by atoms with van der Waals surface area (Å²) in [5.74, 6) is -2.69. The van der Waals surface area contributed by atoms with Gasteiger partial charge in [0.2, 0.25) is 17.7 Å². The second-order valence-electron chi connectivity index (χ2n) is 10.8. The largest absolute Gasteiger partial charge is 0.465 e. The smallest absolute Gasteiger partial charge is 0.339 e. The second kappa shape index (κ2) is 14.9. The fraction of sp³-hybridized carbons (Fsp3) is 0.387. The lowest BCUT2D eigenvalue weighted by atomic mass is 10.0. The Morgan fingerprint density at radius 1 is 1.05 bits per heavy atom. The van der Waals surface area contributed by atoms with Crippen LogP contribution in [0.4, 0.5) is 0 Å². The molecule has 4 amide bonds. The number of esters is 1. The van der Waals surface area contributed by atoms with Gasteiger partial charge in [0.05, 0.1) is 12.7 Å². The maximum atomic E-state index is 13.7. The van der Waals surface area contributed by atoms with Crippen LogP contribution in [0.1, 0.15) is 81.9 Å². The predicted octanol–water partition coefficient (Wildman–Crippen LogP) is 2.11. The van der Waals surface area contributed by atoms with E-state index in [1.165, 1.54) is 31.7 Å². The Morgan fingerprint density at radius 3 is 2.50 bits per heavy atom. The Kier molecular flexibility index (Phi) is 10.8. The third kappa shape index (κ3) is 8.27.